The van der Waals surface area contributed by atoms with Crippen LogP contribution < -0.4 is 5.73 Å². The van der Waals surface area contributed by atoms with Crippen molar-refractivity contribution in [1.82, 2.24) is 24.5 Å². The molecule has 0 unspecified atom stereocenters. The second-order valence-corrected chi connectivity index (χ2v) is 10.2. The highest BCUT2D eigenvalue weighted by Gasteiger charge is 2.22. The van der Waals surface area contributed by atoms with Gasteiger partial charge in [-0.25, -0.2) is 15.0 Å². The molecule has 3 N–H and O–H groups in total. The number of H-pyrrole nitrogens is 1. The molecule has 5 aromatic rings. The van der Waals surface area contributed by atoms with Gasteiger partial charge >= 0.3 is 0 Å². The number of nitrogens with zero attached hydrogens (tertiary/aromatic N) is 4. The van der Waals surface area contributed by atoms with Gasteiger partial charge in [0.2, 0.25) is 5.95 Å². The summed E-state index contributed by atoms with van der Waals surface area (Å²) in [5.74, 6) is 1.03. The molecule has 172 valence electrons. The van der Waals surface area contributed by atoms with Crippen LogP contribution >= 0.6 is 23.2 Å². The van der Waals surface area contributed by atoms with E-state index in [-0.39, 0.29) is 5.41 Å². The van der Waals surface area contributed by atoms with Crippen LogP contribution in [0.1, 0.15) is 20.8 Å². The first kappa shape index (κ1) is 22.4. The molecule has 2 aromatic carbocycles. The van der Waals surface area contributed by atoms with Gasteiger partial charge in [0, 0.05) is 12.1 Å². The number of imidazole rings is 2. The first-order valence-corrected chi connectivity index (χ1v) is 11.7. The zero-order valence-corrected chi connectivity index (χ0v) is 20.6. The van der Waals surface area contributed by atoms with Crippen molar-refractivity contribution in [1.29, 1.82) is 0 Å². The lowest BCUT2D eigenvalue weighted by Crippen LogP contribution is -2.17. The number of aromatic amines is 1. The van der Waals surface area contributed by atoms with Gasteiger partial charge < -0.3 is 10.7 Å². The third kappa shape index (κ3) is 4.15. The van der Waals surface area contributed by atoms with E-state index in [1.165, 1.54) is 0 Å². The molecule has 0 aliphatic carbocycles. The Hall–Kier alpha value is -3.35. The largest absolute Gasteiger partial charge is 0.369 e. The van der Waals surface area contributed by atoms with Crippen molar-refractivity contribution in [2.75, 3.05) is 5.73 Å². The summed E-state index contributed by atoms with van der Waals surface area (Å²) in [7, 11) is 0. The molecule has 5 rings (SSSR count). The summed E-state index contributed by atoms with van der Waals surface area (Å²) in [6.07, 6.45) is 0. The SMILES string of the molecule is CC(C)(C)Cn1c(N)nc2ccc(-c3[nH]c(-c4c(Cl)cccc4Cl)nc3-c3ccccc3)nc21. The number of rotatable bonds is 4. The van der Waals surface area contributed by atoms with E-state index in [1.807, 2.05) is 53.1 Å². The van der Waals surface area contributed by atoms with Crippen molar-refractivity contribution in [2.24, 2.45) is 5.41 Å². The maximum atomic E-state index is 6.50. The monoisotopic (exact) mass is 490 g/mol. The van der Waals surface area contributed by atoms with Gasteiger partial charge in [0.1, 0.15) is 11.3 Å². The number of hydrogen-bond donors (Lipinski definition) is 2. The molecule has 0 amide bonds. The molecule has 6 nitrogen and oxygen atoms in total. The molecule has 0 fully saturated rings. The predicted octanol–water partition coefficient (Wildman–Crippen LogP) is 7.09. The van der Waals surface area contributed by atoms with Crippen molar-refractivity contribution < 1.29 is 0 Å². The molecule has 8 heteroatoms. The van der Waals surface area contributed by atoms with Gasteiger partial charge in [0.05, 0.1) is 32.7 Å². The molecule has 0 aliphatic heterocycles. The minimum Gasteiger partial charge on any atom is -0.369 e. The summed E-state index contributed by atoms with van der Waals surface area (Å²) in [6, 6.07) is 19.2. The number of nitrogen functional groups attached to an aromatic ring is 1. The molecule has 0 aliphatic rings. The number of benzene rings is 2. The lowest BCUT2D eigenvalue weighted by Gasteiger charge is -2.19. The van der Waals surface area contributed by atoms with E-state index in [0.717, 1.165) is 33.8 Å². The normalized spacial score (nSPS) is 11.9. The molecular formula is C26H24Cl2N6. The van der Waals surface area contributed by atoms with Crippen LogP contribution in [0.25, 0.3) is 45.2 Å². The Kier molecular flexibility index (Phi) is 5.58. The number of fused-ring (bicyclic) bond motifs is 1. The fourth-order valence-corrected chi connectivity index (χ4v) is 4.57. The number of aromatic nitrogens is 5. The van der Waals surface area contributed by atoms with Crippen LogP contribution in [0.2, 0.25) is 10.0 Å². The molecule has 3 aromatic heterocycles. The third-order valence-electron chi connectivity index (χ3n) is 5.46. The second-order valence-electron chi connectivity index (χ2n) is 9.43. The minimum atomic E-state index is 0.0105. The highest BCUT2D eigenvalue weighted by atomic mass is 35.5. The predicted molar refractivity (Wildman–Crippen MR) is 140 cm³/mol. The Labute approximate surface area is 207 Å². The Morgan fingerprint density at radius 1 is 0.882 bits per heavy atom. The zero-order chi connectivity index (χ0) is 24.0. The number of hydrogen-bond acceptors (Lipinski definition) is 4. The molecule has 0 saturated heterocycles. The van der Waals surface area contributed by atoms with E-state index >= 15 is 0 Å². The van der Waals surface area contributed by atoms with Crippen LogP contribution in [0.5, 0.6) is 0 Å². The van der Waals surface area contributed by atoms with Gasteiger partial charge in [-0.3, -0.25) is 4.57 Å². The summed E-state index contributed by atoms with van der Waals surface area (Å²) < 4.78 is 1.96. The maximum absolute atomic E-state index is 6.50. The Morgan fingerprint density at radius 3 is 2.26 bits per heavy atom. The summed E-state index contributed by atoms with van der Waals surface area (Å²) in [5, 5.41) is 1.04. The van der Waals surface area contributed by atoms with E-state index in [2.05, 4.69) is 30.7 Å². The van der Waals surface area contributed by atoms with Gasteiger partial charge in [0.25, 0.3) is 0 Å². The number of pyridine rings is 1. The Bertz CT molecular complexity index is 1480. The summed E-state index contributed by atoms with van der Waals surface area (Å²) in [4.78, 5) is 17.8. The van der Waals surface area contributed by atoms with E-state index < -0.39 is 0 Å². The molecule has 3 heterocycles. The molecule has 34 heavy (non-hydrogen) atoms. The van der Waals surface area contributed by atoms with Gasteiger partial charge in [-0.15, -0.1) is 0 Å². The lowest BCUT2D eigenvalue weighted by atomic mass is 9.97. The van der Waals surface area contributed by atoms with Crippen molar-refractivity contribution in [2.45, 2.75) is 27.3 Å². The smallest absolute Gasteiger partial charge is 0.202 e. The van der Waals surface area contributed by atoms with Crippen molar-refractivity contribution in [3.05, 3.63) is 70.7 Å². The fourth-order valence-electron chi connectivity index (χ4n) is 3.99. The highest BCUT2D eigenvalue weighted by molar-refractivity contribution is 6.39. The number of nitrogens with two attached hydrogens (primary N) is 1. The van der Waals surface area contributed by atoms with Crippen molar-refractivity contribution in [3.63, 3.8) is 0 Å². The summed E-state index contributed by atoms with van der Waals surface area (Å²) in [6.45, 7) is 7.17. The maximum Gasteiger partial charge on any atom is 0.202 e. The quantitative estimate of drug-likeness (QED) is 0.281. The van der Waals surface area contributed by atoms with Gasteiger partial charge in [-0.05, 0) is 29.7 Å². The third-order valence-corrected chi connectivity index (χ3v) is 6.09. The van der Waals surface area contributed by atoms with E-state index in [9.17, 15) is 0 Å². The number of anilines is 1. The van der Waals surface area contributed by atoms with E-state index in [1.54, 1.807) is 12.1 Å². The first-order chi connectivity index (χ1) is 16.2. The van der Waals surface area contributed by atoms with Crippen LogP contribution in [0, 0.1) is 5.41 Å². The molecular weight excluding hydrogens is 467 g/mol. The number of nitrogens with one attached hydrogen (secondary N) is 1. The van der Waals surface area contributed by atoms with Gasteiger partial charge in [-0.1, -0.05) is 80.4 Å². The fraction of sp³-hybridized carbons (Fsp3) is 0.192. The van der Waals surface area contributed by atoms with Crippen LogP contribution in [-0.4, -0.2) is 24.5 Å². The average Bonchev–Trinajstić information content (AvgIpc) is 3.35. The molecule has 0 saturated carbocycles. The van der Waals surface area contributed by atoms with Crippen molar-refractivity contribution in [3.8, 4) is 34.0 Å². The van der Waals surface area contributed by atoms with Crippen LogP contribution in [-0.2, 0) is 6.54 Å². The topological polar surface area (TPSA) is 85.4 Å². The standard InChI is InChI=1S/C26H24Cl2N6/c1-26(2,3)14-34-24-19(31-25(34)29)13-12-18(30-24)22-21(15-8-5-4-6-9-15)32-23(33-22)20-16(27)10-7-11-17(20)28/h4-13H,14H2,1-3H3,(H2,29,31)(H,32,33). The highest BCUT2D eigenvalue weighted by Crippen LogP contribution is 2.38. The first-order valence-electron chi connectivity index (χ1n) is 10.9. The Morgan fingerprint density at radius 2 is 1.59 bits per heavy atom. The van der Waals surface area contributed by atoms with Crippen LogP contribution in [0.3, 0.4) is 0 Å². The Balaban J connectivity index is 1.73. The van der Waals surface area contributed by atoms with E-state index in [4.69, 9.17) is 38.9 Å². The van der Waals surface area contributed by atoms with Crippen LogP contribution in [0.4, 0.5) is 5.95 Å². The van der Waals surface area contributed by atoms with Crippen molar-refractivity contribution >= 4 is 40.3 Å². The molecule has 0 radical (unpaired) electrons. The molecule has 0 bridgehead atoms. The number of halogens is 2. The zero-order valence-electron chi connectivity index (χ0n) is 19.1. The summed E-state index contributed by atoms with van der Waals surface area (Å²) in [5.41, 5.74) is 11.6. The average molecular weight is 491 g/mol. The van der Waals surface area contributed by atoms with Gasteiger partial charge in [0.15, 0.2) is 5.65 Å². The molecule has 0 spiro atoms. The van der Waals surface area contributed by atoms with Gasteiger partial charge in [-0.2, -0.15) is 0 Å². The molecule has 0 atom stereocenters. The summed E-state index contributed by atoms with van der Waals surface area (Å²) >= 11 is 13.0. The van der Waals surface area contributed by atoms with E-state index in [0.29, 0.717) is 33.9 Å². The second kappa shape index (κ2) is 8.46. The minimum absolute atomic E-state index is 0.0105. The van der Waals surface area contributed by atoms with Crippen LogP contribution in [0.15, 0.2) is 60.7 Å². The lowest BCUT2D eigenvalue weighted by molar-refractivity contribution is 0.350.